The molecule has 0 fully saturated rings. The zero-order valence-electron chi connectivity index (χ0n) is 19.4. The van der Waals surface area contributed by atoms with Crippen LogP contribution in [0.5, 0.6) is 11.6 Å². The second kappa shape index (κ2) is 8.33. The largest absolute Gasteiger partial charge is 0.494 e. The first kappa shape index (κ1) is 21.0. The fourth-order valence-corrected chi connectivity index (χ4v) is 4.48. The number of H-pyrrole nitrogens is 1. The van der Waals surface area contributed by atoms with Crippen molar-refractivity contribution in [1.82, 2.24) is 15.2 Å². The quantitative estimate of drug-likeness (QED) is 0.290. The number of benzene rings is 3. The summed E-state index contributed by atoms with van der Waals surface area (Å²) in [7, 11) is 0. The Morgan fingerprint density at radius 1 is 0.914 bits per heavy atom. The molecule has 0 amide bonds. The van der Waals surface area contributed by atoms with Crippen molar-refractivity contribution in [3.8, 4) is 34.3 Å². The van der Waals surface area contributed by atoms with Crippen molar-refractivity contribution in [2.45, 2.75) is 20.5 Å². The number of rotatable bonds is 5. The Balaban J connectivity index is 1.58. The van der Waals surface area contributed by atoms with Crippen LogP contribution in [0.2, 0.25) is 0 Å². The van der Waals surface area contributed by atoms with Crippen molar-refractivity contribution in [1.29, 1.82) is 0 Å². The highest BCUT2D eigenvalue weighted by molar-refractivity contribution is 6.02. The summed E-state index contributed by atoms with van der Waals surface area (Å²) in [5.74, 6) is 1.40. The zero-order valence-corrected chi connectivity index (χ0v) is 19.4. The first-order valence-corrected chi connectivity index (χ1v) is 11.4. The Hall–Kier alpha value is -4.58. The van der Waals surface area contributed by atoms with E-state index >= 15 is 0 Å². The maximum absolute atomic E-state index is 10.0. The van der Waals surface area contributed by atoms with Crippen LogP contribution in [0, 0.1) is 13.8 Å². The van der Waals surface area contributed by atoms with Crippen LogP contribution < -0.4 is 4.74 Å². The fourth-order valence-electron chi connectivity index (χ4n) is 4.48. The number of furan rings is 1. The molecule has 0 unspecified atom stereocenters. The average Bonchev–Trinajstić information content (AvgIpc) is 3.47. The molecule has 0 bridgehead atoms. The monoisotopic (exact) mass is 461 g/mol. The van der Waals surface area contributed by atoms with Crippen molar-refractivity contribution in [3.05, 3.63) is 95.6 Å². The van der Waals surface area contributed by atoms with Gasteiger partial charge in [0.05, 0.1) is 16.6 Å². The van der Waals surface area contributed by atoms with Crippen LogP contribution >= 0.6 is 0 Å². The Bertz CT molecular complexity index is 1680. The Labute approximate surface area is 201 Å². The van der Waals surface area contributed by atoms with Crippen molar-refractivity contribution in [2.24, 2.45) is 0 Å². The highest BCUT2D eigenvalue weighted by Crippen LogP contribution is 2.41. The Morgan fingerprint density at radius 2 is 1.71 bits per heavy atom. The maximum Gasteiger partial charge on any atom is 0.207 e. The predicted molar refractivity (Wildman–Crippen MR) is 136 cm³/mol. The molecule has 6 nitrogen and oxygen atoms in total. The Morgan fingerprint density at radius 3 is 2.49 bits per heavy atom. The van der Waals surface area contributed by atoms with E-state index in [4.69, 9.17) is 14.1 Å². The number of hydrogen-bond acceptors (Lipinski definition) is 5. The van der Waals surface area contributed by atoms with Gasteiger partial charge < -0.3 is 14.3 Å². The number of aromatic nitrogens is 3. The lowest BCUT2D eigenvalue weighted by atomic mass is 9.99. The summed E-state index contributed by atoms with van der Waals surface area (Å²) < 4.78 is 12.5. The molecule has 6 heteroatoms. The number of para-hydroxylation sites is 1. The molecule has 6 rings (SSSR count). The first-order valence-electron chi connectivity index (χ1n) is 11.4. The Kier molecular flexibility index (Phi) is 4.99. The highest BCUT2D eigenvalue weighted by Gasteiger charge is 2.21. The van der Waals surface area contributed by atoms with Gasteiger partial charge in [0.2, 0.25) is 5.88 Å². The predicted octanol–water partition coefficient (Wildman–Crippen LogP) is 6.94. The van der Waals surface area contributed by atoms with Crippen LogP contribution in [0.4, 0.5) is 0 Å². The molecule has 3 heterocycles. The number of aromatic hydroxyl groups is 1. The normalized spacial score (nSPS) is 11.4. The van der Waals surface area contributed by atoms with E-state index in [0.29, 0.717) is 29.5 Å². The molecule has 0 atom stereocenters. The lowest BCUT2D eigenvalue weighted by molar-refractivity contribution is 0.310. The van der Waals surface area contributed by atoms with Crippen molar-refractivity contribution < 1.29 is 14.3 Å². The minimum Gasteiger partial charge on any atom is -0.494 e. The number of aryl methyl sites for hydroxylation is 2. The third-order valence-electron chi connectivity index (χ3n) is 6.28. The van der Waals surface area contributed by atoms with E-state index < -0.39 is 0 Å². The fraction of sp³-hybridized carbons (Fsp3) is 0.103. The van der Waals surface area contributed by atoms with Gasteiger partial charge >= 0.3 is 0 Å². The molecule has 0 aliphatic rings. The number of nitrogens with one attached hydrogen (secondary N) is 1. The average molecular weight is 462 g/mol. The van der Waals surface area contributed by atoms with E-state index in [1.807, 2.05) is 86.6 Å². The molecule has 6 aromatic rings. The molecule has 0 spiro atoms. The number of aromatic amines is 1. The van der Waals surface area contributed by atoms with Gasteiger partial charge in [0.15, 0.2) is 5.76 Å². The highest BCUT2D eigenvalue weighted by atomic mass is 16.5. The molecule has 3 aromatic heterocycles. The molecular weight excluding hydrogens is 438 g/mol. The number of pyridine rings is 1. The summed E-state index contributed by atoms with van der Waals surface area (Å²) >= 11 is 0. The molecule has 3 aromatic carbocycles. The summed E-state index contributed by atoms with van der Waals surface area (Å²) in [5.41, 5.74) is 6.81. The van der Waals surface area contributed by atoms with Gasteiger partial charge in [0.25, 0.3) is 0 Å². The molecule has 172 valence electrons. The number of nitrogens with zero attached hydrogens (tertiary/aromatic N) is 2. The van der Waals surface area contributed by atoms with E-state index in [2.05, 4.69) is 10.2 Å². The van der Waals surface area contributed by atoms with Crippen molar-refractivity contribution >= 4 is 21.9 Å². The molecule has 0 radical (unpaired) electrons. The lowest BCUT2D eigenvalue weighted by Gasteiger charge is -2.15. The number of fused-ring (bicyclic) bond motifs is 2. The van der Waals surface area contributed by atoms with Crippen LogP contribution in [-0.2, 0) is 6.61 Å². The summed E-state index contributed by atoms with van der Waals surface area (Å²) in [6.45, 7) is 4.49. The van der Waals surface area contributed by atoms with Crippen LogP contribution in [0.15, 0.2) is 83.3 Å². The zero-order chi connectivity index (χ0) is 23.9. The van der Waals surface area contributed by atoms with E-state index in [1.165, 1.54) is 0 Å². The third kappa shape index (κ3) is 3.69. The second-order valence-electron chi connectivity index (χ2n) is 8.62. The molecule has 0 saturated heterocycles. The van der Waals surface area contributed by atoms with E-state index in [0.717, 1.165) is 44.1 Å². The van der Waals surface area contributed by atoms with E-state index in [-0.39, 0.29) is 5.88 Å². The molecule has 0 aliphatic carbocycles. The number of hydrogen-bond donors (Lipinski definition) is 2. The van der Waals surface area contributed by atoms with Crippen molar-refractivity contribution in [2.75, 3.05) is 0 Å². The minimum absolute atomic E-state index is 0.00848. The summed E-state index contributed by atoms with van der Waals surface area (Å²) in [5, 5.41) is 18.9. The van der Waals surface area contributed by atoms with Gasteiger partial charge in [-0.25, -0.2) is 10.1 Å². The standard InChI is InChI=1S/C29H23N3O3/c1-17-12-13-25(34-16-19-8-4-3-5-9-19)27-21(22-15-26(33)32-31-22)14-23(30-28(17)27)29-18(2)20-10-6-7-11-24(20)35-29/h3-15H,16H2,1-2H3,(H2,31,32,33). The van der Waals surface area contributed by atoms with Gasteiger partial charge in [-0.1, -0.05) is 54.6 Å². The SMILES string of the molecule is Cc1c(-c2cc(-c3cc(O)[nH]n3)c3c(OCc4ccccc4)ccc(C)c3n2)oc2ccccc12. The molecule has 0 aliphatic heterocycles. The second-order valence-corrected chi connectivity index (χ2v) is 8.62. The van der Waals surface area contributed by atoms with Gasteiger partial charge in [-0.2, -0.15) is 5.10 Å². The van der Waals surface area contributed by atoms with Crippen molar-refractivity contribution in [3.63, 3.8) is 0 Å². The smallest absolute Gasteiger partial charge is 0.207 e. The molecule has 2 N–H and O–H groups in total. The maximum atomic E-state index is 10.0. The van der Waals surface area contributed by atoms with E-state index in [1.54, 1.807) is 6.07 Å². The molecule has 35 heavy (non-hydrogen) atoms. The topological polar surface area (TPSA) is 84.2 Å². The van der Waals surface area contributed by atoms with Crippen LogP contribution in [0.25, 0.3) is 44.6 Å². The molecule has 0 saturated carbocycles. The first-order chi connectivity index (χ1) is 17.1. The van der Waals surface area contributed by atoms with Gasteiger partial charge in [-0.15, -0.1) is 0 Å². The van der Waals surface area contributed by atoms with E-state index in [9.17, 15) is 5.11 Å². The lowest BCUT2D eigenvalue weighted by Crippen LogP contribution is -1.99. The van der Waals surface area contributed by atoms with Gasteiger partial charge in [0, 0.05) is 22.6 Å². The molecular formula is C29H23N3O3. The van der Waals surface area contributed by atoms with Crippen LogP contribution in [0.3, 0.4) is 0 Å². The van der Waals surface area contributed by atoms with Crippen LogP contribution in [-0.4, -0.2) is 20.3 Å². The van der Waals surface area contributed by atoms with Gasteiger partial charge in [-0.05, 0) is 43.2 Å². The van der Waals surface area contributed by atoms with Gasteiger partial charge in [0.1, 0.15) is 23.6 Å². The minimum atomic E-state index is -0.00848. The van der Waals surface area contributed by atoms with Crippen LogP contribution in [0.1, 0.15) is 16.7 Å². The summed E-state index contributed by atoms with van der Waals surface area (Å²) in [4.78, 5) is 5.04. The van der Waals surface area contributed by atoms with Gasteiger partial charge in [-0.3, -0.25) is 0 Å². The third-order valence-corrected chi connectivity index (χ3v) is 6.28. The number of ether oxygens (including phenoxy) is 1. The summed E-state index contributed by atoms with van der Waals surface area (Å²) in [6, 6.07) is 25.5. The summed E-state index contributed by atoms with van der Waals surface area (Å²) in [6.07, 6.45) is 0.